The molecule has 1 heterocycles. The first-order valence-electron chi connectivity index (χ1n) is 5.84. The zero-order valence-corrected chi connectivity index (χ0v) is 11.6. The van der Waals surface area contributed by atoms with Gasteiger partial charge in [-0.05, 0) is 30.2 Å². The second kappa shape index (κ2) is 5.78. The van der Waals surface area contributed by atoms with E-state index in [9.17, 15) is 13.2 Å². The first-order chi connectivity index (χ1) is 8.93. The quantitative estimate of drug-likeness (QED) is 0.657. The Morgan fingerprint density at radius 2 is 2.16 bits per heavy atom. The number of alkyl halides is 3. The SMILES string of the molecule is NNC(c1cc(C(F)(F)F)ccc1Br)C1CCOC1. The van der Waals surface area contributed by atoms with E-state index in [1.807, 2.05) is 0 Å². The van der Waals surface area contributed by atoms with Crippen LogP contribution in [0.4, 0.5) is 13.2 Å². The minimum absolute atomic E-state index is 0.0739. The monoisotopic (exact) mass is 338 g/mol. The van der Waals surface area contributed by atoms with Crippen molar-refractivity contribution in [1.82, 2.24) is 5.43 Å². The summed E-state index contributed by atoms with van der Waals surface area (Å²) in [4.78, 5) is 0. The zero-order chi connectivity index (χ0) is 14.0. The average molecular weight is 339 g/mol. The maximum absolute atomic E-state index is 12.8. The van der Waals surface area contributed by atoms with E-state index >= 15 is 0 Å². The van der Waals surface area contributed by atoms with Gasteiger partial charge in [-0.15, -0.1) is 0 Å². The molecule has 1 aromatic carbocycles. The Morgan fingerprint density at radius 3 is 2.68 bits per heavy atom. The number of halogens is 4. The zero-order valence-electron chi connectivity index (χ0n) is 10.0. The van der Waals surface area contributed by atoms with Crippen molar-refractivity contribution in [2.24, 2.45) is 11.8 Å². The summed E-state index contributed by atoms with van der Waals surface area (Å²) in [5, 5.41) is 0. The van der Waals surface area contributed by atoms with E-state index in [4.69, 9.17) is 10.6 Å². The van der Waals surface area contributed by atoms with Crippen LogP contribution in [0.2, 0.25) is 0 Å². The minimum atomic E-state index is -4.36. The van der Waals surface area contributed by atoms with Crippen molar-refractivity contribution in [3.63, 3.8) is 0 Å². The number of hydrogen-bond acceptors (Lipinski definition) is 3. The summed E-state index contributed by atoms with van der Waals surface area (Å²) < 4.78 is 44.1. The molecule has 0 saturated carbocycles. The van der Waals surface area contributed by atoms with E-state index in [-0.39, 0.29) is 12.0 Å². The normalized spacial score (nSPS) is 21.6. The van der Waals surface area contributed by atoms with Crippen molar-refractivity contribution < 1.29 is 17.9 Å². The highest BCUT2D eigenvalue weighted by molar-refractivity contribution is 9.10. The molecule has 106 valence electrons. The van der Waals surface area contributed by atoms with Crippen molar-refractivity contribution in [2.75, 3.05) is 13.2 Å². The maximum atomic E-state index is 12.8. The van der Waals surface area contributed by atoms with Gasteiger partial charge in [0.2, 0.25) is 0 Å². The summed E-state index contributed by atoms with van der Waals surface area (Å²) in [5.74, 6) is 5.58. The molecule has 1 aliphatic heterocycles. The molecule has 0 aromatic heterocycles. The molecule has 19 heavy (non-hydrogen) atoms. The van der Waals surface area contributed by atoms with E-state index in [0.29, 0.717) is 23.2 Å². The van der Waals surface area contributed by atoms with Crippen molar-refractivity contribution in [1.29, 1.82) is 0 Å². The number of rotatable bonds is 3. The van der Waals surface area contributed by atoms with Gasteiger partial charge in [-0.1, -0.05) is 15.9 Å². The van der Waals surface area contributed by atoms with Crippen molar-refractivity contribution in [2.45, 2.75) is 18.6 Å². The molecule has 0 bridgehead atoms. The number of hydrogen-bond donors (Lipinski definition) is 2. The molecule has 3 N–H and O–H groups in total. The van der Waals surface area contributed by atoms with Gasteiger partial charge in [-0.25, -0.2) is 0 Å². The number of nitrogens with two attached hydrogens (primary N) is 1. The lowest BCUT2D eigenvalue weighted by Gasteiger charge is -2.24. The fourth-order valence-electron chi connectivity index (χ4n) is 2.25. The second-order valence-corrected chi connectivity index (χ2v) is 5.36. The summed E-state index contributed by atoms with van der Waals surface area (Å²) in [6.07, 6.45) is -3.58. The molecule has 1 aromatic rings. The molecule has 1 aliphatic rings. The summed E-state index contributed by atoms with van der Waals surface area (Å²) in [6.45, 7) is 1.11. The predicted molar refractivity (Wildman–Crippen MR) is 68.1 cm³/mol. The molecule has 7 heteroatoms. The fraction of sp³-hybridized carbons (Fsp3) is 0.500. The van der Waals surface area contributed by atoms with E-state index < -0.39 is 11.7 Å². The van der Waals surface area contributed by atoms with Gasteiger partial charge in [0.1, 0.15) is 0 Å². The standard InChI is InChI=1S/C12H14BrF3N2O/c13-10-2-1-8(12(14,15)16)5-9(10)11(18-17)7-3-4-19-6-7/h1-2,5,7,11,18H,3-4,6,17H2. The van der Waals surface area contributed by atoms with E-state index in [2.05, 4.69) is 21.4 Å². The third-order valence-electron chi connectivity index (χ3n) is 3.27. The van der Waals surface area contributed by atoms with Crippen LogP contribution in [0.25, 0.3) is 0 Å². The Hall–Kier alpha value is -0.630. The Balaban J connectivity index is 2.35. The van der Waals surface area contributed by atoms with E-state index in [0.717, 1.165) is 18.6 Å². The fourth-order valence-corrected chi connectivity index (χ4v) is 2.75. The molecule has 2 unspecified atom stereocenters. The molecule has 0 spiro atoms. The van der Waals surface area contributed by atoms with Crippen LogP contribution in [0.15, 0.2) is 22.7 Å². The van der Waals surface area contributed by atoms with Gasteiger partial charge in [0, 0.05) is 17.0 Å². The molecule has 2 rings (SSSR count). The van der Waals surface area contributed by atoms with Crippen molar-refractivity contribution in [3.8, 4) is 0 Å². The van der Waals surface area contributed by atoms with Crippen LogP contribution < -0.4 is 11.3 Å². The second-order valence-electron chi connectivity index (χ2n) is 4.50. The first-order valence-corrected chi connectivity index (χ1v) is 6.63. The van der Waals surface area contributed by atoms with Gasteiger partial charge < -0.3 is 4.74 Å². The number of ether oxygens (including phenoxy) is 1. The molecule has 1 fully saturated rings. The van der Waals surface area contributed by atoms with Crippen molar-refractivity contribution >= 4 is 15.9 Å². The largest absolute Gasteiger partial charge is 0.416 e. The van der Waals surface area contributed by atoms with Crippen LogP contribution in [-0.2, 0) is 10.9 Å². The van der Waals surface area contributed by atoms with Gasteiger partial charge in [0.15, 0.2) is 0 Å². The molecular weight excluding hydrogens is 325 g/mol. The first kappa shape index (κ1) is 14.8. The Morgan fingerprint density at radius 1 is 1.42 bits per heavy atom. The molecule has 0 radical (unpaired) electrons. The number of nitrogens with one attached hydrogen (secondary N) is 1. The lowest BCUT2D eigenvalue weighted by atomic mass is 9.92. The Labute approximate surface area is 117 Å². The van der Waals surface area contributed by atoms with Crippen LogP contribution >= 0.6 is 15.9 Å². The Bertz CT molecular complexity index is 447. The average Bonchev–Trinajstić information content (AvgIpc) is 2.84. The third kappa shape index (κ3) is 3.28. The number of benzene rings is 1. The van der Waals surface area contributed by atoms with E-state index in [1.54, 1.807) is 0 Å². The van der Waals surface area contributed by atoms with Crippen molar-refractivity contribution in [3.05, 3.63) is 33.8 Å². The highest BCUT2D eigenvalue weighted by Crippen LogP contribution is 2.37. The van der Waals surface area contributed by atoms with Gasteiger partial charge in [-0.2, -0.15) is 13.2 Å². The summed E-state index contributed by atoms with van der Waals surface area (Å²) >= 11 is 3.28. The minimum Gasteiger partial charge on any atom is -0.381 e. The lowest BCUT2D eigenvalue weighted by molar-refractivity contribution is -0.137. The van der Waals surface area contributed by atoms with Gasteiger partial charge >= 0.3 is 6.18 Å². The van der Waals surface area contributed by atoms with Gasteiger partial charge in [0.25, 0.3) is 0 Å². The van der Waals surface area contributed by atoms with Crippen LogP contribution in [0.3, 0.4) is 0 Å². The van der Waals surface area contributed by atoms with Crippen LogP contribution in [0, 0.1) is 5.92 Å². The summed E-state index contributed by atoms with van der Waals surface area (Å²) in [5.41, 5.74) is 2.43. The molecule has 1 saturated heterocycles. The van der Waals surface area contributed by atoms with Crippen LogP contribution in [-0.4, -0.2) is 13.2 Å². The predicted octanol–water partition coefficient (Wildman–Crippen LogP) is 3.01. The molecule has 0 amide bonds. The highest BCUT2D eigenvalue weighted by Gasteiger charge is 2.33. The van der Waals surface area contributed by atoms with Gasteiger partial charge in [-0.3, -0.25) is 11.3 Å². The lowest BCUT2D eigenvalue weighted by Crippen LogP contribution is -2.34. The van der Waals surface area contributed by atoms with Gasteiger partial charge in [0.05, 0.1) is 18.2 Å². The molecule has 3 nitrogen and oxygen atoms in total. The topological polar surface area (TPSA) is 47.3 Å². The Kier molecular flexibility index (Phi) is 4.50. The smallest absolute Gasteiger partial charge is 0.381 e. The molecule has 0 aliphatic carbocycles. The maximum Gasteiger partial charge on any atom is 0.416 e. The van der Waals surface area contributed by atoms with Crippen LogP contribution in [0.1, 0.15) is 23.6 Å². The highest BCUT2D eigenvalue weighted by atomic mass is 79.9. The number of hydrazine groups is 1. The van der Waals surface area contributed by atoms with E-state index in [1.165, 1.54) is 6.07 Å². The summed E-state index contributed by atoms with van der Waals surface area (Å²) in [6, 6.07) is 3.22. The van der Waals surface area contributed by atoms with Crippen LogP contribution in [0.5, 0.6) is 0 Å². The third-order valence-corrected chi connectivity index (χ3v) is 4.00. The molecule has 2 atom stereocenters. The molecular formula is C12H14BrF3N2O. The summed E-state index contributed by atoms with van der Waals surface area (Å²) in [7, 11) is 0.